The summed E-state index contributed by atoms with van der Waals surface area (Å²) < 4.78 is 7.68. The predicted molar refractivity (Wildman–Crippen MR) is 129 cm³/mol. The third-order valence-corrected chi connectivity index (χ3v) is 6.46. The van der Waals surface area contributed by atoms with Crippen LogP contribution in [-0.2, 0) is 11.4 Å². The molecule has 2 aromatic carbocycles. The number of carbonyl (C=O) groups excluding carboxylic acids is 2. The van der Waals surface area contributed by atoms with Gasteiger partial charge in [-0.15, -0.1) is 6.42 Å². The molecular weight excluding hydrogens is 614 g/mol. The van der Waals surface area contributed by atoms with Crippen molar-refractivity contribution in [3.63, 3.8) is 0 Å². The Kier molecular flexibility index (Phi) is 7.22. The minimum absolute atomic E-state index is 0.0337. The van der Waals surface area contributed by atoms with Crippen LogP contribution in [0, 0.1) is 30.8 Å². The molecule has 0 saturated carbocycles. The second-order valence-electron chi connectivity index (χ2n) is 5.84. The van der Waals surface area contributed by atoms with Crippen molar-refractivity contribution in [1.29, 1.82) is 5.26 Å². The van der Waals surface area contributed by atoms with E-state index in [0.29, 0.717) is 16.2 Å². The van der Waals surface area contributed by atoms with Crippen LogP contribution in [0.15, 0.2) is 41.3 Å². The Morgan fingerprint density at radius 1 is 1.21 bits per heavy atom. The monoisotopic (exact) mass is 626 g/mol. The number of nitriles is 1. The Hall–Kier alpha value is -2.02. The van der Waals surface area contributed by atoms with Crippen LogP contribution in [0.25, 0.3) is 6.08 Å². The number of imide groups is 1. The summed E-state index contributed by atoms with van der Waals surface area (Å²) in [5.41, 5.74) is 2.18. The van der Waals surface area contributed by atoms with Gasteiger partial charge in [0, 0.05) is 5.56 Å². The smallest absolute Gasteiger partial charge is 0.294 e. The number of ether oxygens (including phenoxy) is 1. The van der Waals surface area contributed by atoms with E-state index in [9.17, 15) is 14.9 Å². The lowest BCUT2D eigenvalue weighted by Gasteiger charge is -2.12. The van der Waals surface area contributed by atoms with Crippen LogP contribution in [-0.4, -0.2) is 22.6 Å². The molecule has 0 bridgehead atoms. The van der Waals surface area contributed by atoms with Crippen molar-refractivity contribution >= 4 is 74.2 Å². The molecule has 1 fully saturated rings. The van der Waals surface area contributed by atoms with Gasteiger partial charge < -0.3 is 4.74 Å². The number of amides is 2. The third-order valence-electron chi connectivity index (χ3n) is 3.95. The zero-order valence-electron chi connectivity index (χ0n) is 14.8. The number of benzene rings is 2. The molecule has 3 rings (SSSR count). The van der Waals surface area contributed by atoms with Crippen molar-refractivity contribution in [2.75, 3.05) is 6.54 Å². The second kappa shape index (κ2) is 9.65. The molecule has 2 amide bonds. The second-order valence-corrected chi connectivity index (χ2v) is 9.16. The van der Waals surface area contributed by atoms with E-state index in [-0.39, 0.29) is 24.3 Å². The molecule has 5 nitrogen and oxygen atoms in total. The fourth-order valence-corrected chi connectivity index (χ4v) is 5.55. The number of thioether (sulfide) groups is 1. The summed E-state index contributed by atoms with van der Waals surface area (Å²) in [6.45, 7) is 0.244. The van der Waals surface area contributed by atoms with E-state index in [4.69, 9.17) is 11.2 Å². The average molecular weight is 626 g/mol. The molecule has 0 aliphatic carbocycles. The van der Waals surface area contributed by atoms with Crippen LogP contribution >= 0.6 is 56.9 Å². The molecule has 0 aromatic heterocycles. The highest BCUT2D eigenvalue weighted by atomic mass is 127. The van der Waals surface area contributed by atoms with Gasteiger partial charge in [0.15, 0.2) is 0 Å². The number of halogens is 2. The van der Waals surface area contributed by atoms with E-state index in [0.717, 1.165) is 34.9 Å². The Labute approximate surface area is 199 Å². The van der Waals surface area contributed by atoms with Crippen molar-refractivity contribution < 1.29 is 14.3 Å². The van der Waals surface area contributed by atoms with Gasteiger partial charge in [-0.1, -0.05) is 24.1 Å². The molecule has 29 heavy (non-hydrogen) atoms. The van der Waals surface area contributed by atoms with Crippen molar-refractivity contribution in [3.05, 3.63) is 65.1 Å². The van der Waals surface area contributed by atoms with E-state index in [1.54, 1.807) is 12.1 Å². The van der Waals surface area contributed by atoms with E-state index >= 15 is 0 Å². The highest BCUT2D eigenvalue weighted by Gasteiger charge is 2.34. The SMILES string of the molecule is C#CCN1C(=O)S/C(=C/c2cc(I)c(OCc3ccccc3C#N)c(I)c2)C1=O. The van der Waals surface area contributed by atoms with Crippen molar-refractivity contribution in [2.24, 2.45) is 0 Å². The van der Waals surface area contributed by atoms with Gasteiger partial charge >= 0.3 is 0 Å². The minimum Gasteiger partial charge on any atom is -0.487 e. The van der Waals surface area contributed by atoms with Crippen LogP contribution in [0.1, 0.15) is 16.7 Å². The predicted octanol–water partition coefficient (Wildman–Crippen LogP) is 5.02. The topological polar surface area (TPSA) is 70.4 Å². The number of nitrogens with zero attached hydrogens (tertiary/aromatic N) is 2. The van der Waals surface area contributed by atoms with Crippen molar-refractivity contribution in [1.82, 2.24) is 4.90 Å². The molecule has 0 atom stereocenters. The van der Waals surface area contributed by atoms with Gasteiger partial charge in [-0.25, -0.2) is 0 Å². The third kappa shape index (κ3) is 4.94. The summed E-state index contributed by atoms with van der Waals surface area (Å²) in [5, 5.41) is 8.85. The maximum absolute atomic E-state index is 12.3. The molecule has 0 radical (unpaired) electrons. The molecule has 0 spiro atoms. The largest absolute Gasteiger partial charge is 0.487 e. The Balaban J connectivity index is 1.81. The summed E-state index contributed by atoms with van der Waals surface area (Å²) in [5.74, 6) is 2.65. The highest BCUT2D eigenvalue weighted by molar-refractivity contribution is 14.1. The number of carbonyl (C=O) groups is 2. The van der Waals surface area contributed by atoms with Crippen LogP contribution in [0.3, 0.4) is 0 Å². The first-order valence-corrected chi connectivity index (χ1v) is 11.2. The van der Waals surface area contributed by atoms with Gasteiger partial charge in [0.1, 0.15) is 12.4 Å². The van der Waals surface area contributed by atoms with Crippen molar-refractivity contribution in [3.8, 4) is 24.2 Å². The van der Waals surface area contributed by atoms with Gasteiger partial charge in [-0.3, -0.25) is 14.5 Å². The number of hydrogen-bond acceptors (Lipinski definition) is 5. The van der Waals surface area contributed by atoms with Gasteiger partial charge in [0.05, 0.1) is 30.2 Å². The van der Waals surface area contributed by atoms with Crippen LogP contribution in [0.2, 0.25) is 0 Å². The molecule has 0 unspecified atom stereocenters. The molecule has 0 N–H and O–H groups in total. The summed E-state index contributed by atoms with van der Waals surface area (Å²) >= 11 is 5.21. The fraction of sp³-hybridized carbons (Fsp3) is 0.0952. The summed E-state index contributed by atoms with van der Waals surface area (Å²) in [6, 6.07) is 13.2. The highest BCUT2D eigenvalue weighted by Crippen LogP contribution is 2.35. The molecule has 1 aliphatic rings. The number of hydrogen-bond donors (Lipinski definition) is 0. The molecule has 1 heterocycles. The van der Waals surface area contributed by atoms with Gasteiger partial charge in [-0.2, -0.15) is 5.26 Å². The summed E-state index contributed by atoms with van der Waals surface area (Å²) in [7, 11) is 0. The van der Waals surface area contributed by atoms with E-state index < -0.39 is 0 Å². The molecule has 2 aromatic rings. The molecule has 8 heteroatoms. The minimum atomic E-state index is -0.378. The maximum Gasteiger partial charge on any atom is 0.294 e. The summed E-state index contributed by atoms with van der Waals surface area (Å²) in [6.07, 6.45) is 6.90. The first kappa shape index (κ1) is 21.7. The number of terminal acetylenes is 1. The lowest BCUT2D eigenvalue weighted by Crippen LogP contribution is -2.28. The van der Waals surface area contributed by atoms with E-state index in [1.165, 1.54) is 0 Å². The van der Waals surface area contributed by atoms with Crippen molar-refractivity contribution in [2.45, 2.75) is 6.61 Å². The Morgan fingerprint density at radius 3 is 2.55 bits per heavy atom. The Bertz CT molecular complexity index is 1090. The fourth-order valence-electron chi connectivity index (χ4n) is 2.58. The zero-order chi connectivity index (χ0) is 21.0. The molecule has 1 saturated heterocycles. The lowest BCUT2D eigenvalue weighted by molar-refractivity contribution is -0.122. The number of rotatable bonds is 5. The first-order chi connectivity index (χ1) is 13.9. The Morgan fingerprint density at radius 2 is 1.90 bits per heavy atom. The maximum atomic E-state index is 12.3. The molecule has 144 valence electrons. The first-order valence-electron chi connectivity index (χ1n) is 8.23. The zero-order valence-corrected chi connectivity index (χ0v) is 19.9. The van der Waals surface area contributed by atoms with Crippen LogP contribution < -0.4 is 4.74 Å². The normalized spacial score (nSPS) is 14.8. The average Bonchev–Trinajstić information content (AvgIpc) is 2.95. The van der Waals surface area contributed by atoms with Crippen LogP contribution in [0.5, 0.6) is 5.75 Å². The quantitative estimate of drug-likeness (QED) is 0.265. The van der Waals surface area contributed by atoms with Gasteiger partial charge in [0.25, 0.3) is 11.1 Å². The van der Waals surface area contributed by atoms with E-state index in [1.807, 2.05) is 30.3 Å². The standard InChI is InChI=1S/C21H12I2N2O3S/c1-2-7-25-20(26)18(29-21(25)27)10-13-8-16(22)19(17(23)9-13)28-12-15-6-4-3-5-14(15)11-24/h1,3-6,8-10H,7,12H2/b18-10+. The molecular formula is C21H12I2N2O3S. The lowest BCUT2D eigenvalue weighted by atomic mass is 10.1. The van der Waals surface area contributed by atoms with Gasteiger partial charge in [0.2, 0.25) is 0 Å². The molecule has 1 aliphatic heterocycles. The van der Waals surface area contributed by atoms with Crippen LogP contribution in [0.4, 0.5) is 4.79 Å². The van der Waals surface area contributed by atoms with Gasteiger partial charge in [-0.05, 0) is 86.8 Å². The summed E-state index contributed by atoms with van der Waals surface area (Å²) in [4.78, 5) is 25.6. The van der Waals surface area contributed by atoms with E-state index in [2.05, 4.69) is 57.2 Å².